The van der Waals surface area contributed by atoms with Crippen molar-refractivity contribution in [3.8, 4) is 0 Å². The van der Waals surface area contributed by atoms with Crippen LogP contribution in [0.5, 0.6) is 0 Å². The maximum absolute atomic E-state index is 12.8. The molecule has 0 spiro atoms. The van der Waals surface area contributed by atoms with E-state index in [9.17, 15) is 22.4 Å². The maximum Gasteiger partial charge on any atom is 0.453 e. The zero-order valence-electron chi connectivity index (χ0n) is 12.3. The molecule has 6 nitrogen and oxygen atoms in total. The first-order chi connectivity index (χ1) is 11.2. The number of aromatic nitrogens is 3. The van der Waals surface area contributed by atoms with Crippen LogP contribution < -0.4 is 11.2 Å². The zero-order chi connectivity index (χ0) is 17.9. The normalized spacial score (nSPS) is 12.9. The molecule has 0 saturated heterocycles. The summed E-state index contributed by atoms with van der Waals surface area (Å²) in [5, 5.41) is 8.68. The van der Waals surface area contributed by atoms with Gasteiger partial charge < -0.3 is 11.2 Å². The fourth-order valence-corrected chi connectivity index (χ4v) is 2.48. The summed E-state index contributed by atoms with van der Waals surface area (Å²) in [5.74, 6) is 2.90. The topological polar surface area (TPSA) is 85.8 Å². The summed E-state index contributed by atoms with van der Waals surface area (Å²) in [5.41, 5.74) is 0.691. The smallest absolute Gasteiger partial charge is 0.349 e. The number of alkyl halides is 3. The van der Waals surface area contributed by atoms with E-state index in [-0.39, 0.29) is 17.0 Å². The van der Waals surface area contributed by atoms with Gasteiger partial charge in [-0.1, -0.05) is 23.9 Å². The van der Waals surface area contributed by atoms with E-state index in [1.54, 1.807) is 6.92 Å². The summed E-state index contributed by atoms with van der Waals surface area (Å²) < 4.78 is 50.7. The SMILES string of the molecule is CC(NC(=O)CSc1nnc(C(F)(F)F)n1N)c1ccc(F)cc1. The number of hydrogen-bond donors (Lipinski definition) is 2. The van der Waals surface area contributed by atoms with Gasteiger partial charge in [-0.05, 0) is 24.6 Å². The fourth-order valence-electron chi connectivity index (χ4n) is 1.82. The number of halogens is 4. The van der Waals surface area contributed by atoms with Gasteiger partial charge in [-0.2, -0.15) is 13.2 Å². The number of nitrogens with one attached hydrogen (secondary N) is 1. The van der Waals surface area contributed by atoms with E-state index in [1.165, 1.54) is 24.3 Å². The maximum atomic E-state index is 12.8. The van der Waals surface area contributed by atoms with Crippen LogP contribution >= 0.6 is 11.8 Å². The van der Waals surface area contributed by atoms with E-state index in [2.05, 4.69) is 15.5 Å². The molecule has 0 aliphatic heterocycles. The van der Waals surface area contributed by atoms with Gasteiger partial charge >= 0.3 is 6.18 Å². The molecule has 1 unspecified atom stereocenters. The van der Waals surface area contributed by atoms with Gasteiger partial charge in [0, 0.05) is 0 Å². The molecule has 0 aliphatic carbocycles. The summed E-state index contributed by atoms with van der Waals surface area (Å²) in [6.45, 7) is 1.70. The summed E-state index contributed by atoms with van der Waals surface area (Å²) >= 11 is 0.724. The minimum atomic E-state index is -4.72. The van der Waals surface area contributed by atoms with Crippen LogP contribution in [0.3, 0.4) is 0 Å². The molecule has 2 aromatic rings. The van der Waals surface area contributed by atoms with Crippen LogP contribution in [0.25, 0.3) is 0 Å². The highest BCUT2D eigenvalue weighted by atomic mass is 32.2. The third kappa shape index (κ3) is 4.37. The van der Waals surface area contributed by atoms with Gasteiger partial charge in [0.25, 0.3) is 5.82 Å². The zero-order valence-corrected chi connectivity index (χ0v) is 13.2. The van der Waals surface area contributed by atoms with Crippen molar-refractivity contribution in [1.82, 2.24) is 20.2 Å². The van der Waals surface area contributed by atoms with Crippen molar-refractivity contribution in [1.29, 1.82) is 0 Å². The Kier molecular flexibility index (Phi) is 5.32. The second kappa shape index (κ2) is 7.07. The van der Waals surface area contributed by atoms with Crippen LogP contribution in [0.1, 0.15) is 24.4 Å². The molecular weight excluding hydrogens is 350 g/mol. The van der Waals surface area contributed by atoms with E-state index >= 15 is 0 Å². The molecule has 3 N–H and O–H groups in total. The lowest BCUT2D eigenvalue weighted by Crippen LogP contribution is -2.28. The lowest BCUT2D eigenvalue weighted by Gasteiger charge is -2.14. The highest BCUT2D eigenvalue weighted by molar-refractivity contribution is 7.99. The number of carbonyl (C=O) groups excluding carboxylic acids is 1. The first-order valence-electron chi connectivity index (χ1n) is 6.64. The first kappa shape index (κ1) is 18.0. The molecule has 0 aliphatic rings. The molecule has 1 aromatic carbocycles. The van der Waals surface area contributed by atoms with E-state index in [0.717, 1.165) is 11.8 Å². The molecule has 0 fully saturated rings. The number of rotatable bonds is 5. The second-order valence-electron chi connectivity index (χ2n) is 4.80. The van der Waals surface area contributed by atoms with E-state index < -0.39 is 23.7 Å². The van der Waals surface area contributed by atoms with Crippen molar-refractivity contribution in [2.75, 3.05) is 11.6 Å². The minimum Gasteiger partial charge on any atom is -0.349 e. The summed E-state index contributed by atoms with van der Waals surface area (Å²) in [7, 11) is 0. The van der Waals surface area contributed by atoms with Crippen molar-refractivity contribution < 1.29 is 22.4 Å². The van der Waals surface area contributed by atoms with Crippen molar-refractivity contribution in [2.24, 2.45) is 0 Å². The van der Waals surface area contributed by atoms with Gasteiger partial charge in [0.2, 0.25) is 11.1 Å². The molecule has 130 valence electrons. The van der Waals surface area contributed by atoms with Gasteiger partial charge in [0.05, 0.1) is 11.8 Å². The van der Waals surface area contributed by atoms with E-state index in [0.29, 0.717) is 10.2 Å². The van der Waals surface area contributed by atoms with Crippen LogP contribution in [0.15, 0.2) is 29.4 Å². The predicted octanol–water partition coefficient (Wildman–Crippen LogP) is 2.12. The molecule has 1 aromatic heterocycles. The van der Waals surface area contributed by atoms with Crippen LogP contribution in [-0.2, 0) is 11.0 Å². The van der Waals surface area contributed by atoms with Gasteiger partial charge in [-0.3, -0.25) is 4.79 Å². The van der Waals surface area contributed by atoms with Crippen LogP contribution in [0.2, 0.25) is 0 Å². The van der Waals surface area contributed by atoms with E-state index in [1.807, 2.05) is 0 Å². The standard InChI is InChI=1S/C13H13F4N5OS/c1-7(8-2-4-9(14)5-3-8)19-10(23)6-24-12-21-20-11(22(12)18)13(15,16)17/h2-5,7H,6,18H2,1H3,(H,19,23). The van der Waals surface area contributed by atoms with Crippen molar-refractivity contribution in [3.05, 3.63) is 41.5 Å². The summed E-state index contributed by atoms with van der Waals surface area (Å²) in [4.78, 5) is 11.9. The molecule has 1 atom stereocenters. The molecule has 24 heavy (non-hydrogen) atoms. The van der Waals surface area contributed by atoms with Gasteiger partial charge in [-0.25, -0.2) is 9.07 Å². The number of nitrogens with two attached hydrogens (primary N) is 1. The molecule has 0 radical (unpaired) electrons. The lowest BCUT2D eigenvalue weighted by molar-refractivity contribution is -0.146. The Hall–Kier alpha value is -2.30. The Balaban J connectivity index is 1.92. The van der Waals surface area contributed by atoms with Crippen LogP contribution in [0.4, 0.5) is 17.6 Å². The van der Waals surface area contributed by atoms with Gasteiger partial charge in [-0.15, -0.1) is 10.2 Å². The minimum absolute atomic E-state index is 0.196. The van der Waals surface area contributed by atoms with Crippen molar-refractivity contribution in [2.45, 2.75) is 24.3 Å². The molecule has 11 heteroatoms. The Morgan fingerprint density at radius 2 is 1.96 bits per heavy atom. The van der Waals surface area contributed by atoms with Crippen LogP contribution in [0, 0.1) is 5.82 Å². The largest absolute Gasteiger partial charge is 0.453 e. The first-order valence-corrected chi connectivity index (χ1v) is 7.62. The Bertz CT molecular complexity index is 716. The number of thioether (sulfide) groups is 1. The summed E-state index contributed by atoms with van der Waals surface area (Å²) in [6.07, 6.45) is -4.72. The number of nitrogens with zero attached hydrogens (tertiary/aromatic N) is 3. The molecule has 0 bridgehead atoms. The quantitative estimate of drug-likeness (QED) is 0.483. The number of carbonyl (C=O) groups is 1. The molecule has 0 saturated carbocycles. The number of hydrogen-bond acceptors (Lipinski definition) is 5. The number of nitrogen functional groups attached to an aromatic ring is 1. The van der Waals surface area contributed by atoms with E-state index in [4.69, 9.17) is 5.84 Å². The third-order valence-electron chi connectivity index (χ3n) is 3.00. The highest BCUT2D eigenvalue weighted by Crippen LogP contribution is 2.28. The lowest BCUT2D eigenvalue weighted by atomic mass is 10.1. The van der Waals surface area contributed by atoms with Crippen LogP contribution in [-0.4, -0.2) is 26.5 Å². The molecule has 1 amide bonds. The molecular formula is C13H13F4N5OS. The fraction of sp³-hybridized carbons (Fsp3) is 0.308. The number of amides is 1. The average Bonchev–Trinajstić information content (AvgIpc) is 2.86. The Labute approximate surface area is 138 Å². The van der Waals surface area contributed by atoms with Crippen molar-refractivity contribution in [3.63, 3.8) is 0 Å². The Morgan fingerprint density at radius 3 is 2.50 bits per heavy atom. The molecule has 2 rings (SSSR count). The monoisotopic (exact) mass is 363 g/mol. The highest BCUT2D eigenvalue weighted by Gasteiger charge is 2.38. The average molecular weight is 363 g/mol. The summed E-state index contributed by atoms with van der Waals surface area (Å²) in [6, 6.07) is 5.20. The predicted molar refractivity (Wildman–Crippen MR) is 78.9 cm³/mol. The third-order valence-corrected chi connectivity index (χ3v) is 3.94. The van der Waals surface area contributed by atoms with Gasteiger partial charge in [0.1, 0.15) is 5.82 Å². The van der Waals surface area contributed by atoms with Crippen molar-refractivity contribution >= 4 is 17.7 Å². The molecule has 1 heterocycles. The Morgan fingerprint density at radius 1 is 1.33 bits per heavy atom. The second-order valence-corrected chi connectivity index (χ2v) is 5.75. The van der Waals surface area contributed by atoms with Gasteiger partial charge in [0.15, 0.2) is 0 Å². The number of benzene rings is 1.